The fourth-order valence-corrected chi connectivity index (χ4v) is 1.67. The number of amides is 1. The zero-order chi connectivity index (χ0) is 10.2. The highest BCUT2D eigenvalue weighted by Crippen LogP contribution is 2.44. The van der Waals surface area contributed by atoms with Crippen LogP contribution in [0.5, 0.6) is 0 Å². The van der Waals surface area contributed by atoms with Gasteiger partial charge in [-0.3, -0.25) is 4.79 Å². The van der Waals surface area contributed by atoms with Gasteiger partial charge in [-0.2, -0.15) is 0 Å². The third-order valence-electron chi connectivity index (χ3n) is 3.26. The van der Waals surface area contributed by atoms with E-state index in [1.54, 1.807) is 0 Å². The summed E-state index contributed by atoms with van der Waals surface area (Å²) in [6.45, 7) is 5.88. The highest BCUT2D eigenvalue weighted by atomic mass is 16.2. The van der Waals surface area contributed by atoms with Crippen LogP contribution >= 0.6 is 0 Å². The van der Waals surface area contributed by atoms with Crippen molar-refractivity contribution < 1.29 is 4.79 Å². The van der Waals surface area contributed by atoms with Gasteiger partial charge < -0.3 is 10.6 Å². The first-order valence-electron chi connectivity index (χ1n) is 5.58. The Labute approximate surface area is 85.6 Å². The SMILES string of the molecule is CC1(C)CC1NC(=O)CNCC1CC1. The normalized spacial score (nSPS) is 28.6. The average molecular weight is 196 g/mol. The molecule has 2 N–H and O–H groups in total. The van der Waals surface area contributed by atoms with Crippen molar-refractivity contribution in [3.63, 3.8) is 0 Å². The van der Waals surface area contributed by atoms with Gasteiger partial charge in [0.2, 0.25) is 5.91 Å². The molecule has 1 atom stereocenters. The standard InChI is InChI=1S/C11H20N2O/c1-11(2)5-9(11)13-10(14)7-12-6-8-3-4-8/h8-9,12H,3-7H2,1-2H3,(H,13,14). The van der Waals surface area contributed by atoms with Crippen LogP contribution in [0.2, 0.25) is 0 Å². The summed E-state index contributed by atoms with van der Waals surface area (Å²) in [4.78, 5) is 11.4. The molecule has 0 spiro atoms. The molecule has 0 aliphatic heterocycles. The summed E-state index contributed by atoms with van der Waals surface area (Å²) in [5.41, 5.74) is 0.339. The number of carbonyl (C=O) groups excluding carboxylic acids is 1. The Kier molecular flexibility index (Phi) is 2.52. The monoisotopic (exact) mass is 196 g/mol. The lowest BCUT2D eigenvalue weighted by atomic mass is 10.2. The Morgan fingerprint density at radius 1 is 1.43 bits per heavy atom. The maximum Gasteiger partial charge on any atom is 0.234 e. The molecule has 2 rings (SSSR count). The fraction of sp³-hybridized carbons (Fsp3) is 0.909. The van der Waals surface area contributed by atoms with Crippen LogP contribution in [0.4, 0.5) is 0 Å². The second-order valence-corrected chi connectivity index (χ2v) is 5.39. The highest BCUT2D eigenvalue weighted by Gasteiger charge is 2.46. The molecule has 2 fully saturated rings. The van der Waals surface area contributed by atoms with E-state index < -0.39 is 0 Å². The van der Waals surface area contributed by atoms with Crippen LogP contribution in [0.3, 0.4) is 0 Å². The maximum absolute atomic E-state index is 11.4. The van der Waals surface area contributed by atoms with Crippen molar-refractivity contribution in [2.75, 3.05) is 13.1 Å². The summed E-state index contributed by atoms with van der Waals surface area (Å²) >= 11 is 0. The number of carbonyl (C=O) groups is 1. The molecule has 0 bridgehead atoms. The molecule has 0 radical (unpaired) electrons. The summed E-state index contributed by atoms with van der Waals surface area (Å²) in [6, 6.07) is 0.415. The molecule has 1 amide bonds. The molecular formula is C11H20N2O. The van der Waals surface area contributed by atoms with Crippen molar-refractivity contribution in [3.8, 4) is 0 Å². The smallest absolute Gasteiger partial charge is 0.234 e. The van der Waals surface area contributed by atoms with Gasteiger partial charge in [-0.05, 0) is 37.1 Å². The van der Waals surface area contributed by atoms with Gasteiger partial charge in [-0.1, -0.05) is 13.8 Å². The second-order valence-electron chi connectivity index (χ2n) is 5.39. The van der Waals surface area contributed by atoms with Crippen LogP contribution in [0, 0.1) is 11.3 Å². The lowest BCUT2D eigenvalue weighted by molar-refractivity contribution is -0.120. The van der Waals surface area contributed by atoms with Crippen LogP contribution in [-0.4, -0.2) is 25.0 Å². The summed E-state index contributed by atoms with van der Waals surface area (Å²) < 4.78 is 0. The van der Waals surface area contributed by atoms with E-state index in [1.165, 1.54) is 12.8 Å². The molecule has 0 aromatic carbocycles. The predicted molar refractivity (Wildman–Crippen MR) is 55.9 cm³/mol. The molecule has 3 nitrogen and oxygen atoms in total. The molecule has 3 heteroatoms. The number of hydrogen-bond acceptors (Lipinski definition) is 2. The molecule has 1 unspecified atom stereocenters. The highest BCUT2D eigenvalue weighted by molar-refractivity contribution is 5.78. The van der Waals surface area contributed by atoms with E-state index in [-0.39, 0.29) is 5.91 Å². The van der Waals surface area contributed by atoms with Crippen molar-refractivity contribution in [3.05, 3.63) is 0 Å². The molecular weight excluding hydrogens is 176 g/mol. The van der Waals surface area contributed by atoms with Gasteiger partial charge in [0.1, 0.15) is 0 Å². The lowest BCUT2D eigenvalue weighted by Crippen LogP contribution is -2.37. The summed E-state index contributed by atoms with van der Waals surface area (Å²) in [5, 5.41) is 6.23. The van der Waals surface area contributed by atoms with E-state index in [0.717, 1.165) is 18.9 Å². The number of nitrogens with one attached hydrogen (secondary N) is 2. The van der Waals surface area contributed by atoms with Crippen molar-refractivity contribution in [1.82, 2.24) is 10.6 Å². The van der Waals surface area contributed by atoms with Gasteiger partial charge in [-0.15, -0.1) is 0 Å². The second kappa shape index (κ2) is 3.54. The van der Waals surface area contributed by atoms with Crippen LogP contribution in [0.15, 0.2) is 0 Å². The zero-order valence-corrected chi connectivity index (χ0v) is 9.10. The molecule has 0 saturated heterocycles. The maximum atomic E-state index is 11.4. The molecule has 2 saturated carbocycles. The summed E-state index contributed by atoms with van der Waals surface area (Å²) in [7, 11) is 0. The van der Waals surface area contributed by atoms with Gasteiger partial charge in [0.15, 0.2) is 0 Å². The first-order valence-corrected chi connectivity index (χ1v) is 5.58. The Bertz CT molecular complexity index is 233. The topological polar surface area (TPSA) is 41.1 Å². The van der Waals surface area contributed by atoms with Crippen molar-refractivity contribution >= 4 is 5.91 Å². The first kappa shape index (κ1) is 9.97. The van der Waals surface area contributed by atoms with E-state index in [0.29, 0.717) is 18.0 Å². The van der Waals surface area contributed by atoms with E-state index in [2.05, 4.69) is 24.5 Å². The number of rotatable bonds is 5. The molecule has 0 aromatic heterocycles. The van der Waals surface area contributed by atoms with E-state index in [9.17, 15) is 4.79 Å². The van der Waals surface area contributed by atoms with Crippen LogP contribution in [-0.2, 0) is 4.79 Å². The molecule has 0 aromatic rings. The van der Waals surface area contributed by atoms with Gasteiger partial charge in [0.05, 0.1) is 6.54 Å². The third-order valence-corrected chi connectivity index (χ3v) is 3.26. The fourth-order valence-electron chi connectivity index (χ4n) is 1.67. The van der Waals surface area contributed by atoms with Crippen LogP contribution in [0.25, 0.3) is 0 Å². The van der Waals surface area contributed by atoms with Crippen LogP contribution in [0.1, 0.15) is 33.1 Å². The Morgan fingerprint density at radius 2 is 2.07 bits per heavy atom. The van der Waals surface area contributed by atoms with Gasteiger partial charge >= 0.3 is 0 Å². The Morgan fingerprint density at radius 3 is 2.57 bits per heavy atom. The molecule has 0 heterocycles. The molecule has 80 valence electrons. The minimum Gasteiger partial charge on any atom is -0.352 e. The van der Waals surface area contributed by atoms with Crippen LogP contribution < -0.4 is 10.6 Å². The van der Waals surface area contributed by atoms with E-state index in [4.69, 9.17) is 0 Å². The lowest BCUT2D eigenvalue weighted by Gasteiger charge is -2.07. The number of hydrogen-bond donors (Lipinski definition) is 2. The molecule has 2 aliphatic rings. The molecule has 2 aliphatic carbocycles. The largest absolute Gasteiger partial charge is 0.352 e. The van der Waals surface area contributed by atoms with Gasteiger partial charge in [0.25, 0.3) is 0 Å². The van der Waals surface area contributed by atoms with Gasteiger partial charge in [0, 0.05) is 6.04 Å². The minimum atomic E-state index is 0.154. The average Bonchev–Trinajstić information content (AvgIpc) is 2.93. The Hall–Kier alpha value is -0.570. The zero-order valence-electron chi connectivity index (χ0n) is 9.10. The van der Waals surface area contributed by atoms with Gasteiger partial charge in [-0.25, -0.2) is 0 Å². The van der Waals surface area contributed by atoms with Crippen molar-refractivity contribution in [2.45, 2.75) is 39.2 Å². The third kappa shape index (κ3) is 2.71. The Balaban J connectivity index is 1.55. The van der Waals surface area contributed by atoms with Crippen molar-refractivity contribution in [2.24, 2.45) is 11.3 Å². The quantitative estimate of drug-likeness (QED) is 0.686. The first-order chi connectivity index (χ1) is 6.58. The van der Waals surface area contributed by atoms with Crippen molar-refractivity contribution in [1.29, 1.82) is 0 Å². The predicted octanol–water partition coefficient (Wildman–Crippen LogP) is 0.901. The summed E-state index contributed by atoms with van der Waals surface area (Å²) in [5.74, 6) is 1.00. The summed E-state index contributed by atoms with van der Waals surface area (Å²) in [6.07, 6.45) is 3.80. The van der Waals surface area contributed by atoms with E-state index >= 15 is 0 Å². The van der Waals surface area contributed by atoms with E-state index in [1.807, 2.05) is 0 Å². The minimum absolute atomic E-state index is 0.154. The molecule has 14 heavy (non-hydrogen) atoms.